The van der Waals surface area contributed by atoms with Gasteiger partial charge in [-0.1, -0.05) is 12.2 Å². The second-order valence-corrected chi connectivity index (χ2v) is 6.78. The Labute approximate surface area is 117 Å². The molecule has 6 heteroatoms. The van der Waals surface area contributed by atoms with Crippen LogP contribution in [0.3, 0.4) is 0 Å². The zero-order valence-electron chi connectivity index (χ0n) is 12.4. The molecule has 5 nitrogen and oxygen atoms in total. The van der Waals surface area contributed by atoms with Gasteiger partial charge < -0.3 is 22.8 Å². The minimum Gasteiger partial charge on any atom is -0.372 e. The van der Waals surface area contributed by atoms with E-state index in [1.807, 2.05) is 39.8 Å². The topological polar surface area (TPSA) is 49.5 Å². The molecular weight excluding hydrogens is 264 g/mol. The van der Waals surface area contributed by atoms with Crippen LogP contribution in [0.5, 0.6) is 0 Å². The molecule has 0 aromatic heterocycles. The summed E-state index contributed by atoms with van der Waals surface area (Å²) >= 11 is 0. The van der Waals surface area contributed by atoms with Gasteiger partial charge in [0.25, 0.3) is 0 Å². The molecule has 0 aliphatic carbocycles. The van der Waals surface area contributed by atoms with Crippen molar-refractivity contribution in [1.82, 2.24) is 0 Å². The smallest absolute Gasteiger partial charge is 0.372 e. The van der Waals surface area contributed by atoms with Crippen molar-refractivity contribution in [1.29, 1.82) is 0 Å². The third-order valence-corrected chi connectivity index (χ3v) is 5.75. The number of hydrogen-bond donors (Lipinski definition) is 0. The summed E-state index contributed by atoms with van der Waals surface area (Å²) < 4.78 is 28.6. The van der Waals surface area contributed by atoms with Crippen LogP contribution in [0.2, 0.25) is 0 Å². The predicted molar refractivity (Wildman–Crippen MR) is 74.9 cm³/mol. The Kier molecular flexibility index (Phi) is 7.82. The molecule has 112 valence electrons. The Morgan fingerprint density at radius 3 is 2.05 bits per heavy atom. The highest BCUT2D eigenvalue weighted by molar-refractivity contribution is 6.62. The number of allylic oxidation sites excluding steroid dienone is 1. The van der Waals surface area contributed by atoms with E-state index in [0.29, 0.717) is 26.4 Å². The number of epoxide rings is 1. The lowest BCUT2D eigenvalue weighted by Gasteiger charge is -2.33. The van der Waals surface area contributed by atoms with Crippen LogP contribution in [-0.2, 0) is 22.8 Å². The summed E-state index contributed by atoms with van der Waals surface area (Å²) in [5.74, 6) is 0. The second kappa shape index (κ2) is 8.83. The zero-order valence-corrected chi connectivity index (χ0v) is 13.4. The van der Waals surface area contributed by atoms with Crippen molar-refractivity contribution in [3.8, 4) is 0 Å². The minimum absolute atomic E-state index is 0.212. The van der Waals surface area contributed by atoms with Crippen molar-refractivity contribution in [2.24, 2.45) is 0 Å². The molecule has 1 rings (SSSR count). The standard InChI is InChI=1S/C13H26O5Si/c1-5-9-13(15-11-12-10-14-12)19(16-6-2,17-7-3)18-8-4/h5,9,12-13H,6-8,10-11H2,1-4H3/b9-5+. The highest BCUT2D eigenvalue weighted by Gasteiger charge is 2.49. The molecule has 0 radical (unpaired) electrons. The van der Waals surface area contributed by atoms with Gasteiger partial charge in [-0.2, -0.15) is 0 Å². The van der Waals surface area contributed by atoms with Gasteiger partial charge >= 0.3 is 8.80 Å². The molecule has 2 atom stereocenters. The van der Waals surface area contributed by atoms with Crippen molar-refractivity contribution in [3.05, 3.63) is 12.2 Å². The lowest BCUT2D eigenvalue weighted by atomic mass is 10.5. The fourth-order valence-corrected chi connectivity index (χ4v) is 4.48. The molecule has 0 saturated carbocycles. The molecule has 1 saturated heterocycles. The molecule has 2 unspecified atom stereocenters. The predicted octanol–water partition coefficient (Wildman–Crippen LogP) is 1.93. The van der Waals surface area contributed by atoms with Crippen molar-refractivity contribution in [2.45, 2.75) is 39.5 Å². The maximum Gasteiger partial charge on any atom is 0.535 e. The quantitative estimate of drug-likeness (QED) is 0.331. The number of rotatable bonds is 11. The van der Waals surface area contributed by atoms with E-state index in [-0.39, 0.29) is 11.8 Å². The lowest BCUT2D eigenvalue weighted by molar-refractivity contribution is 0.00287. The Morgan fingerprint density at radius 2 is 1.68 bits per heavy atom. The van der Waals surface area contributed by atoms with E-state index in [0.717, 1.165) is 6.61 Å². The van der Waals surface area contributed by atoms with Crippen LogP contribution in [-0.4, -0.2) is 53.7 Å². The summed E-state index contributed by atoms with van der Waals surface area (Å²) in [4.78, 5) is 0. The van der Waals surface area contributed by atoms with E-state index in [2.05, 4.69) is 0 Å². The summed E-state index contributed by atoms with van der Waals surface area (Å²) in [6.07, 6.45) is 4.11. The zero-order chi connectivity index (χ0) is 14.1. The normalized spacial score (nSPS) is 20.9. The number of ether oxygens (including phenoxy) is 2. The Morgan fingerprint density at radius 1 is 1.16 bits per heavy atom. The van der Waals surface area contributed by atoms with Crippen molar-refractivity contribution in [2.75, 3.05) is 33.0 Å². The summed E-state index contributed by atoms with van der Waals surface area (Å²) in [6, 6.07) is 0. The van der Waals surface area contributed by atoms with Gasteiger partial charge in [0, 0.05) is 19.8 Å². The molecule has 0 amide bonds. The molecule has 19 heavy (non-hydrogen) atoms. The maximum atomic E-state index is 5.90. The van der Waals surface area contributed by atoms with E-state index in [4.69, 9.17) is 22.8 Å². The number of hydrogen-bond acceptors (Lipinski definition) is 5. The highest BCUT2D eigenvalue weighted by atomic mass is 28.4. The van der Waals surface area contributed by atoms with Crippen LogP contribution in [0.25, 0.3) is 0 Å². The molecule has 1 fully saturated rings. The van der Waals surface area contributed by atoms with Crippen LogP contribution in [0.4, 0.5) is 0 Å². The average molecular weight is 290 g/mol. The molecule has 0 spiro atoms. The highest BCUT2D eigenvalue weighted by Crippen LogP contribution is 2.21. The summed E-state index contributed by atoms with van der Waals surface area (Å²) in [5.41, 5.74) is -0.276. The van der Waals surface area contributed by atoms with Crippen molar-refractivity contribution in [3.63, 3.8) is 0 Å². The van der Waals surface area contributed by atoms with Crippen LogP contribution in [0.15, 0.2) is 12.2 Å². The largest absolute Gasteiger partial charge is 0.535 e. The van der Waals surface area contributed by atoms with Gasteiger partial charge in [0.2, 0.25) is 0 Å². The minimum atomic E-state index is -2.85. The van der Waals surface area contributed by atoms with Crippen molar-refractivity contribution >= 4 is 8.80 Å². The maximum absolute atomic E-state index is 5.90. The van der Waals surface area contributed by atoms with Crippen LogP contribution in [0.1, 0.15) is 27.7 Å². The van der Waals surface area contributed by atoms with Gasteiger partial charge in [-0.25, -0.2) is 0 Å². The molecule has 1 heterocycles. The van der Waals surface area contributed by atoms with Gasteiger partial charge in [-0.05, 0) is 27.7 Å². The molecule has 0 aromatic carbocycles. The van der Waals surface area contributed by atoms with E-state index in [9.17, 15) is 0 Å². The van der Waals surface area contributed by atoms with Gasteiger partial charge in [0.15, 0.2) is 0 Å². The van der Waals surface area contributed by atoms with Gasteiger partial charge in [-0.3, -0.25) is 0 Å². The first kappa shape index (κ1) is 16.8. The molecule has 1 aliphatic rings. The first-order valence-corrected chi connectivity index (χ1v) is 8.80. The second-order valence-electron chi connectivity index (χ2n) is 4.14. The third kappa shape index (κ3) is 5.33. The van der Waals surface area contributed by atoms with Gasteiger partial charge in [0.1, 0.15) is 11.8 Å². The fraction of sp³-hybridized carbons (Fsp3) is 0.846. The summed E-state index contributed by atoms with van der Waals surface area (Å²) in [5, 5.41) is 0. The lowest BCUT2D eigenvalue weighted by Crippen LogP contribution is -2.57. The first-order chi connectivity index (χ1) is 9.22. The Hall–Kier alpha value is -0.243. The van der Waals surface area contributed by atoms with E-state index in [1.165, 1.54) is 0 Å². The van der Waals surface area contributed by atoms with Gasteiger partial charge in [0.05, 0.1) is 13.2 Å². The summed E-state index contributed by atoms with van der Waals surface area (Å²) in [6.45, 7) is 10.7. The fourth-order valence-electron chi connectivity index (χ4n) is 1.80. The average Bonchev–Trinajstić information content (AvgIpc) is 3.19. The molecule has 0 bridgehead atoms. The SMILES string of the molecule is C/C=C/C(OCC1CO1)[Si](OCC)(OCC)OCC. The molecule has 1 aliphatic heterocycles. The van der Waals surface area contributed by atoms with Gasteiger partial charge in [-0.15, -0.1) is 0 Å². The van der Waals surface area contributed by atoms with Crippen LogP contribution >= 0.6 is 0 Å². The summed E-state index contributed by atoms with van der Waals surface area (Å²) in [7, 11) is -2.85. The molecular formula is C13H26O5Si. The van der Waals surface area contributed by atoms with E-state index >= 15 is 0 Å². The first-order valence-electron chi connectivity index (χ1n) is 7.00. The monoisotopic (exact) mass is 290 g/mol. The molecule has 0 aromatic rings. The van der Waals surface area contributed by atoms with Crippen LogP contribution in [0, 0.1) is 0 Å². The Balaban J connectivity index is 2.77. The van der Waals surface area contributed by atoms with Crippen molar-refractivity contribution < 1.29 is 22.8 Å². The molecule has 0 N–H and O–H groups in total. The van der Waals surface area contributed by atoms with Crippen LogP contribution < -0.4 is 0 Å². The van der Waals surface area contributed by atoms with E-state index in [1.54, 1.807) is 0 Å². The third-order valence-electron chi connectivity index (χ3n) is 2.62. The van der Waals surface area contributed by atoms with E-state index < -0.39 is 8.80 Å². The Bertz CT molecular complexity index is 251.